The number of esters is 2. The number of aliphatic imine (C=N–C) groups is 1. The number of non-ortho nitro benzene ring substituents is 1. The Balaban J connectivity index is 1.45. The van der Waals surface area contributed by atoms with Gasteiger partial charge >= 0.3 is 11.9 Å². The van der Waals surface area contributed by atoms with Crippen molar-refractivity contribution in [2.45, 2.75) is 33.6 Å². The third-order valence-corrected chi connectivity index (χ3v) is 7.27. The molecule has 2 amide bonds. The Kier molecular flexibility index (Phi) is 12.2. The molecule has 0 aromatic heterocycles. The van der Waals surface area contributed by atoms with Crippen molar-refractivity contribution in [3.05, 3.63) is 99.7 Å². The van der Waals surface area contributed by atoms with Crippen LogP contribution in [0.4, 0.5) is 17.1 Å². The van der Waals surface area contributed by atoms with E-state index in [9.17, 15) is 29.3 Å². The van der Waals surface area contributed by atoms with Gasteiger partial charge in [-0.15, -0.1) is 0 Å². The van der Waals surface area contributed by atoms with Crippen LogP contribution in [0.5, 0.6) is 11.5 Å². The summed E-state index contributed by atoms with van der Waals surface area (Å²) in [6.07, 6.45) is 0. The van der Waals surface area contributed by atoms with E-state index in [2.05, 4.69) is 15.6 Å². The lowest BCUT2D eigenvalue weighted by atomic mass is 9.75. The lowest BCUT2D eigenvalue weighted by Crippen LogP contribution is -2.37. The van der Waals surface area contributed by atoms with E-state index in [1.807, 2.05) is 0 Å². The van der Waals surface area contributed by atoms with Crippen molar-refractivity contribution in [3.63, 3.8) is 0 Å². The highest BCUT2D eigenvalue weighted by Gasteiger charge is 2.43. The van der Waals surface area contributed by atoms with Gasteiger partial charge in [0.25, 0.3) is 5.69 Å². The molecule has 0 radical (unpaired) electrons. The van der Waals surface area contributed by atoms with Gasteiger partial charge in [-0.25, -0.2) is 4.79 Å². The van der Waals surface area contributed by atoms with Crippen molar-refractivity contribution in [2.24, 2.45) is 10.9 Å². The number of benzene rings is 3. The maximum absolute atomic E-state index is 13.6. The highest BCUT2D eigenvalue weighted by molar-refractivity contribution is 6.07. The fourth-order valence-electron chi connectivity index (χ4n) is 5.24. The maximum atomic E-state index is 13.6. The lowest BCUT2D eigenvalue weighted by Gasteiger charge is -2.31. The summed E-state index contributed by atoms with van der Waals surface area (Å²) in [6, 6.07) is 19.0. The molecule has 14 nitrogen and oxygen atoms in total. The summed E-state index contributed by atoms with van der Waals surface area (Å²) in [4.78, 5) is 65.2. The molecule has 4 rings (SSSR count). The molecule has 0 aliphatic carbocycles. The normalized spacial score (nSPS) is 15.4. The van der Waals surface area contributed by atoms with Crippen LogP contribution in [0.15, 0.2) is 89.1 Å². The molecular weight excluding hydrogens is 636 g/mol. The highest BCUT2D eigenvalue weighted by atomic mass is 16.6. The van der Waals surface area contributed by atoms with Crippen LogP contribution in [0.3, 0.4) is 0 Å². The molecule has 0 bridgehead atoms. The lowest BCUT2D eigenvalue weighted by molar-refractivity contribution is -0.384. The van der Waals surface area contributed by atoms with Gasteiger partial charge in [0.1, 0.15) is 43.8 Å². The number of carbonyl (C=O) groups excluding carboxylic acids is 4. The number of nitrogens with one attached hydrogen (secondary N) is 2. The molecule has 1 aliphatic rings. The van der Waals surface area contributed by atoms with Crippen LogP contribution in [0.2, 0.25) is 0 Å². The molecule has 2 atom stereocenters. The van der Waals surface area contributed by atoms with Crippen LogP contribution >= 0.6 is 0 Å². The predicted molar refractivity (Wildman–Crippen MR) is 180 cm³/mol. The van der Waals surface area contributed by atoms with Crippen LogP contribution in [0, 0.1) is 16.0 Å². The maximum Gasteiger partial charge on any atom is 0.336 e. The first kappa shape index (κ1) is 35.8. The Hall–Kier alpha value is -6.05. The van der Waals surface area contributed by atoms with Gasteiger partial charge in [-0.2, -0.15) is 0 Å². The molecule has 1 unspecified atom stereocenters. The SMILES string of the molecule is CC(=O)Nc1ccc(OCCOC(=O)C2=C(C)N=C(C)C(C(=O)OCCOc3ccc(NC(C)=O)cc3)[C@@H]2c2cccc([N+](=O)[O-])c2)cc1. The van der Waals surface area contributed by atoms with Gasteiger partial charge in [-0.05, 0) is 67.9 Å². The van der Waals surface area contributed by atoms with E-state index in [1.165, 1.54) is 32.0 Å². The minimum atomic E-state index is -1.09. The summed E-state index contributed by atoms with van der Waals surface area (Å²) in [5.74, 6) is -2.99. The van der Waals surface area contributed by atoms with Gasteiger partial charge in [0.2, 0.25) is 11.8 Å². The number of amides is 2. The van der Waals surface area contributed by atoms with E-state index in [-0.39, 0.29) is 49.5 Å². The van der Waals surface area contributed by atoms with Crippen molar-refractivity contribution in [1.82, 2.24) is 0 Å². The number of anilines is 2. The fourth-order valence-corrected chi connectivity index (χ4v) is 5.24. The quantitative estimate of drug-likeness (QED) is 0.0998. The van der Waals surface area contributed by atoms with Crippen LogP contribution in [0.1, 0.15) is 39.2 Å². The van der Waals surface area contributed by atoms with Crippen LogP contribution in [0.25, 0.3) is 0 Å². The largest absolute Gasteiger partial charge is 0.490 e. The number of allylic oxidation sites excluding steroid dienone is 1. The zero-order valence-corrected chi connectivity index (χ0v) is 27.4. The second-order valence-electron chi connectivity index (χ2n) is 11.0. The molecule has 2 N–H and O–H groups in total. The molecule has 1 heterocycles. The monoisotopic (exact) mass is 672 g/mol. The van der Waals surface area contributed by atoms with E-state index in [0.29, 0.717) is 39.8 Å². The van der Waals surface area contributed by atoms with Crippen molar-refractivity contribution < 1.29 is 43.0 Å². The highest BCUT2D eigenvalue weighted by Crippen LogP contribution is 2.41. The van der Waals surface area contributed by atoms with E-state index in [1.54, 1.807) is 68.4 Å². The second-order valence-corrected chi connectivity index (χ2v) is 11.0. The predicted octanol–water partition coefficient (Wildman–Crippen LogP) is 5.20. The van der Waals surface area contributed by atoms with Crippen molar-refractivity contribution in [3.8, 4) is 11.5 Å². The molecule has 49 heavy (non-hydrogen) atoms. The second kappa shape index (κ2) is 16.7. The summed E-state index contributed by atoms with van der Waals surface area (Å²) in [6.45, 7) is 5.76. The zero-order valence-electron chi connectivity index (χ0n) is 27.4. The summed E-state index contributed by atoms with van der Waals surface area (Å²) in [7, 11) is 0. The van der Waals surface area contributed by atoms with Crippen molar-refractivity contribution in [1.29, 1.82) is 0 Å². The third kappa shape index (κ3) is 9.97. The van der Waals surface area contributed by atoms with Gasteiger partial charge in [0.15, 0.2) is 0 Å². The standard InChI is InChI=1S/C35H36N4O10/c1-21-31(34(42)48-18-16-46-29-12-8-26(9-13-29)37-23(3)40)33(25-6-5-7-28(20-25)39(44)45)32(22(2)36-21)35(43)49-19-17-47-30-14-10-27(11-15-30)38-24(4)41/h5-15,20,31,33H,16-19H2,1-4H3,(H,37,40)(H,38,41)/t31?,33-/m0/s1. The minimum absolute atomic E-state index is 0.00274. The van der Waals surface area contributed by atoms with Crippen LogP contribution in [-0.4, -0.2) is 60.8 Å². The van der Waals surface area contributed by atoms with E-state index >= 15 is 0 Å². The van der Waals surface area contributed by atoms with Gasteiger partial charge in [-0.1, -0.05) is 12.1 Å². The Morgan fingerprint density at radius 3 is 1.82 bits per heavy atom. The number of hydrogen-bond donors (Lipinski definition) is 2. The third-order valence-electron chi connectivity index (χ3n) is 7.27. The molecule has 0 fully saturated rings. The zero-order chi connectivity index (χ0) is 35.5. The first-order valence-electron chi connectivity index (χ1n) is 15.3. The number of nitrogens with zero attached hydrogens (tertiary/aromatic N) is 2. The average molecular weight is 673 g/mol. The minimum Gasteiger partial charge on any atom is -0.490 e. The van der Waals surface area contributed by atoms with Gasteiger partial charge in [0.05, 0.1) is 10.5 Å². The first-order valence-corrected chi connectivity index (χ1v) is 15.3. The van der Waals surface area contributed by atoms with Gasteiger partial charge in [0, 0.05) is 54.7 Å². The molecule has 0 spiro atoms. The summed E-state index contributed by atoms with van der Waals surface area (Å²) >= 11 is 0. The van der Waals surface area contributed by atoms with Gasteiger partial charge < -0.3 is 29.6 Å². The Morgan fingerprint density at radius 2 is 1.31 bits per heavy atom. The molecule has 256 valence electrons. The summed E-state index contributed by atoms with van der Waals surface area (Å²) < 4.78 is 22.4. The van der Waals surface area contributed by atoms with Gasteiger partial charge in [-0.3, -0.25) is 29.5 Å². The number of carbonyl (C=O) groups is 4. The molecule has 0 saturated heterocycles. The van der Waals surface area contributed by atoms with Crippen molar-refractivity contribution >= 4 is 46.5 Å². The van der Waals surface area contributed by atoms with E-state index < -0.39 is 28.7 Å². The van der Waals surface area contributed by atoms with E-state index in [0.717, 1.165) is 0 Å². The number of ether oxygens (including phenoxy) is 4. The first-order chi connectivity index (χ1) is 23.4. The molecule has 3 aromatic carbocycles. The van der Waals surface area contributed by atoms with Crippen LogP contribution in [-0.2, 0) is 28.7 Å². The number of hydrogen-bond acceptors (Lipinski definition) is 11. The number of nitro groups is 1. The van der Waals surface area contributed by atoms with Crippen molar-refractivity contribution in [2.75, 3.05) is 37.1 Å². The summed E-state index contributed by atoms with van der Waals surface area (Å²) in [5.41, 5.74) is 2.03. The Labute approximate surface area is 282 Å². The fraction of sp³-hybridized carbons (Fsp3) is 0.286. The Bertz CT molecular complexity index is 1770. The topological polar surface area (TPSA) is 185 Å². The molecule has 3 aromatic rings. The molecule has 14 heteroatoms. The number of rotatable bonds is 14. The average Bonchev–Trinajstić information content (AvgIpc) is 3.05. The van der Waals surface area contributed by atoms with Crippen LogP contribution < -0.4 is 20.1 Å². The number of nitro benzene ring substituents is 1. The summed E-state index contributed by atoms with van der Waals surface area (Å²) in [5, 5.41) is 16.9. The smallest absolute Gasteiger partial charge is 0.336 e. The molecule has 1 aliphatic heterocycles. The Morgan fingerprint density at radius 1 is 0.776 bits per heavy atom. The molecule has 0 saturated carbocycles. The molecular formula is C35H36N4O10. The van der Waals surface area contributed by atoms with E-state index in [4.69, 9.17) is 18.9 Å².